The molecule has 0 aromatic rings. The molecule has 0 saturated heterocycles. The molecule has 0 heterocycles. The Kier molecular flexibility index (Phi) is 51.2. The molecule has 76 heavy (non-hydrogen) atoms. The van der Waals surface area contributed by atoms with E-state index in [1.54, 1.807) is 5.57 Å². The summed E-state index contributed by atoms with van der Waals surface area (Å²) in [6.07, 6.45) is 84.4. The zero-order chi connectivity index (χ0) is 55.5. The van der Waals surface area contributed by atoms with Gasteiger partial charge in [0.15, 0.2) is 0 Å². The topological polar surface area (TPSA) is 9.23 Å². The molecule has 4 aliphatic rings. The lowest BCUT2D eigenvalue weighted by Crippen LogP contribution is -2.50. The Balaban J connectivity index is 0.000000536. The molecular formula is C75H148O. The highest BCUT2D eigenvalue weighted by Crippen LogP contribution is 2.67. The van der Waals surface area contributed by atoms with Crippen LogP contribution in [0.25, 0.3) is 0 Å². The third kappa shape index (κ3) is 34.9. The van der Waals surface area contributed by atoms with Crippen LogP contribution in [-0.2, 0) is 4.74 Å². The minimum absolute atomic E-state index is 0.480. The van der Waals surface area contributed by atoms with Crippen LogP contribution in [0, 0.1) is 34.5 Å². The quantitative estimate of drug-likeness (QED) is 0.0436. The number of hydrogen-bond acceptors (Lipinski definition) is 1. The van der Waals surface area contributed by atoms with E-state index in [0.29, 0.717) is 16.9 Å². The smallest absolute Gasteiger partial charge is 0.0608 e. The van der Waals surface area contributed by atoms with Crippen molar-refractivity contribution in [2.75, 3.05) is 7.11 Å². The molecule has 3 saturated carbocycles. The summed E-state index contributed by atoms with van der Waals surface area (Å²) in [7, 11) is 1.91. The molecule has 0 aliphatic heterocycles. The van der Waals surface area contributed by atoms with Crippen LogP contribution in [0.4, 0.5) is 0 Å². The summed E-state index contributed by atoms with van der Waals surface area (Å²) < 4.78 is 5.75. The first-order valence-corrected chi connectivity index (χ1v) is 36.5. The third-order valence-electron chi connectivity index (χ3n) is 20.6. The SMILES string of the molecule is CCCCCCCCC1CCC2C3CC=C4C[C@@H](OC)CCC4(C)C3CCC12C.CCCCCCCCCCCCCCC.CCCCCCCCCCCCCCCC.CCCCCCCCCCCCCCCC. The van der Waals surface area contributed by atoms with Crippen molar-refractivity contribution in [2.45, 2.75) is 428 Å². The van der Waals surface area contributed by atoms with Crippen LogP contribution in [0.2, 0.25) is 0 Å². The molecule has 7 atom stereocenters. The molecular weight excluding hydrogens is 917 g/mol. The average molecular weight is 1070 g/mol. The van der Waals surface area contributed by atoms with Crippen LogP contribution in [0.1, 0.15) is 422 Å². The first-order valence-electron chi connectivity index (χ1n) is 36.5. The lowest BCUT2D eigenvalue weighted by atomic mass is 9.47. The predicted octanol–water partition coefficient (Wildman–Crippen LogP) is 27.4. The first kappa shape index (κ1) is 73.7. The molecule has 3 fully saturated rings. The van der Waals surface area contributed by atoms with Gasteiger partial charge in [-0.25, -0.2) is 0 Å². The average Bonchev–Trinajstić information content (AvgIpc) is 3.81. The Morgan fingerprint density at radius 3 is 0.961 bits per heavy atom. The maximum atomic E-state index is 5.75. The van der Waals surface area contributed by atoms with E-state index in [1.165, 1.54) is 360 Å². The fraction of sp³-hybridized carbons (Fsp3) is 0.973. The van der Waals surface area contributed by atoms with Gasteiger partial charge in [-0.2, -0.15) is 0 Å². The zero-order valence-corrected chi connectivity index (χ0v) is 55.0. The largest absolute Gasteiger partial charge is 0.381 e. The monoisotopic (exact) mass is 1070 g/mol. The van der Waals surface area contributed by atoms with Crippen molar-refractivity contribution >= 4 is 0 Å². The van der Waals surface area contributed by atoms with E-state index in [2.05, 4.69) is 68.4 Å². The fourth-order valence-electron chi connectivity index (χ4n) is 15.2. The normalized spacial score (nSPS) is 23.5. The van der Waals surface area contributed by atoms with Crippen molar-refractivity contribution in [3.63, 3.8) is 0 Å². The molecule has 0 radical (unpaired) electrons. The lowest BCUT2D eigenvalue weighted by Gasteiger charge is -2.58. The highest BCUT2D eigenvalue weighted by atomic mass is 16.5. The molecule has 6 unspecified atom stereocenters. The second-order valence-corrected chi connectivity index (χ2v) is 27.1. The maximum absolute atomic E-state index is 5.75. The van der Waals surface area contributed by atoms with Gasteiger partial charge in [-0.1, -0.05) is 376 Å². The van der Waals surface area contributed by atoms with Crippen molar-refractivity contribution in [1.29, 1.82) is 0 Å². The van der Waals surface area contributed by atoms with Gasteiger partial charge >= 0.3 is 0 Å². The van der Waals surface area contributed by atoms with Crippen LogP contribution in [0.3, 0.4) is 0 Å². The van der Waals surface area contributed by atoms with E-state index < -0.39 is 0 Å². The molecule has 1 heteroatoms. The summed E-state index contributed by atoms with van der Waals surface area (Å²) in [6.45, 7) is 21.4. The van der Waals surface area contributed by atoms with E-state index in [0.717, 1.165) is 23.7 Å². The van der Waals surface area contributed by atoms with Gasteiger partial charge in [0.2, 0.25) is 0 Å². The number of rotatable bonds is 46. The van der Waals surface area contributed by atoms with Crippen molar-refractivity contribution in [3.05, 3.63) is 11.6 Å². The number of unbranched alkanes of at least 4 members (excludes halogenated alkanes) is 43. The second-order valence-electron chi connectivity index (χ2n) is 27.1. The van der Waals surface area contributed by atoms with Gasteiger partial charge in [0.1, 0.15) is 0 Å². The summed E-state index contributed by atoms with van der Waals surface area (Å²) in [5.41, 5.74) is 2.90. The number of methoxy groups -OCH3 is 1. The Hall–Kier alpha value is -0.300. The van der Waals surface area contributed by atoms with Gasteiger partial charge in [0.05, 0.1) is 6.10 Å². The molecule has 1 nitrogen and oxygen atoms in total. The lowest BCUT2D eigenvalue weighted by molar-refractivity contribution is -0.0542. The van der Waals surface area contributed by atoms with Gasteiger partial charge in [0.25, 0.3) is 0 Å². The summed E-state index contributed by atoms with van der Waals surface area (Å²) >= 11 is 0. The molecule has 4 rings (SSSR count). The molecule has 0 aromatic heterocycles. The zero-order valence-electron chi connectivity index (χ0n) is 55.0. The third-order valence-corrected chi connectivity index (χ3v) is 20.6. The standard InChI is InChI=1S/C28H48O.2C16H34.C15H32/c1-5-6-7-8-9-10-11-21-13-15-25-24-14-12-22-20-23(29-4)16-18-28(22,3)26(24)17-19-27(21,25)2;2*1-3-5-7-9-11-13-15-16-14-12-10-8-6-4-2;1-3-5-7-9-11-13-15-14-12-10-8-6-4-2/h12,21,23-26H,5-11,13-20H2,1-4H3;2*3-16H2,1-2H3;3-15H2,1-2H3/t21?,23-,24?,25?,26?,27?,28?;;;/m0.../s1. The van der Waals surface area contributed by atoms with Crippen molar-refractivity contribution in [1.82, 2.24) is 0 Å². The molecule has 454 valence electrons. The Morgan fingerprint density at radius 2 is 0.658 bits per heavy atom. The predicted molar refractivity (Wildman–Crippen MR) is 347 cm³/mol. The Labute approximate surface area is 483 Å². The molecule has 0 aromatic carbocycles. The van der Waals surface area contributed by atoms with Crippen molar-refractivity contribution in [3.8, 4) is 0 Å². The highest BCUT2D eigenvalue weighted by molar-refractivity contribution is 5.25. The highest BCUT2D eigenvalue weighted by Gasteiger charge is 2.58. The molecule has 0 N–H and O–H groups in total. The van der Waals surface area contributed by atoms with E-state index in [9.17, 15) is 0 Å². The first-order chi connectivity index (χ1) is 37.3. The summed E-state index contributed by atoms with van der Waals surface area (Å²) in [5.74, 6) is 3.94. The summed E-state index contributed by atoms with van der Waals surface area (Å²) in [4.78, 5) is 0. The number of hydrogen-bond donors (Lipinski definition) is 0. The Morgan fingerprint density at radius 1 is 0.355 bits per heavy atom. The summed E-state index contributed by atoms with van der Waals surface area (Å²) in [5, 5.41) is 0. The molecule has 4 aliphatic carbocycles. The van der Waals surface area contributed by atoms with Crippen LogP contribution in [0.15, 0.2) is 11.6 Å². The summed E-state index contributed by atoms with van der Waals surface area (Å²) in [6, 6.07) is 0. The van der Waals surface area contributed by atoms with Crippen LogP contribution >= 0.6 is 0 Å². The minimum atomic E-state index is 0.480. The maximum Gasteiger partial charge on any atom is 0.0608 e. The fourth-order valence-corrected chi connectivity index (χ4v) is 15.2. The van der Waals surface area contributed by atoms with Crippen LogP contribution in [0.5, 0.6) is 0 Å². The number of allylic oxidation sites excluding steroid dienone is 1. The van der Waals surface area contributed by atoms with E-state index in [-0.39, 0.29) is 0 Å². The van der Waals surface area contributed by atoms with Gasteiger partial charge in [0, 0.05) is 7.11 Å². The van der Waals surface area contributed by atoms with Crippen molar-refractivity contribution in [2.24, 2.45) is 34.5 Å². The number of fused-ring (bicyclic) bond motifs is 5. The molecule has 0 bridgehead atoms. The van der Waals surface area contributed by atoms with Gasteiger partial charge in [-0.05, 0) is 92.3 Å². The van der Waals surface area contributed by atoms with Crippen molar-refractivity contribution < 1.29 is 4.74 Å². The van der Waals surface area contributed by atoms with Gasteiger partial charge in [-0.3, -0.25) is 0 Å². The van der Waals surface area contributed by atoms with E-state index >= 15 is 0 Å². The van der Waals surface area contributed by atoms with E-state index in [4.69, 9.17) is 4.74 Å². The second kappa shape index (κ2) is 52.8. The van der Waals surface area contributed by atoms with Crippen LogP contribution < -0.4 is 0 Å². The Bertz CT molecular complexity index is 1130. The minimum Gasteiger partial charge on any atom is -0.381 e. The van der Waals surface area contributed by atoms with Gasteiger partial charge in [-0.15, -0.1) is 0 Å². The van der Waals surface area contributed by atoms with Crippen LogP contribution in [-0.4, -0.2) is 13.2 Å². The van der Waals surface area contributed by atoms with E-state index in [1.807, 2.05) is 7.11 Å². The van der Waals surface area contributed by atoms with Gasteiger partial charge < -0.3 is 4.74 Å². The number of ether oxygens (including phenoxy) is 1. The molecule has 0 amide bonds. The molecule has 0 spiro atoms.